The van der Waals surface area contributed by atoms with Crippen LogP contribution in [0.25, 0.3) is 0 Å². The number of rotatable bonds is 5. The molecule has 0 saturated carbocycles. The van der Waals surface area contributed by atoms with E-state index >= 15 is 0 Å². The third-order valence-electron chi connectivity index (χ3n) is 5.11. The molecule has 2 amide bonds. The number of amides is 2. The van der Waals surface area contributed by atoms with Crippen molar-refractivity contribution in [2.75, 3.05) is 46.3 Å². The van der Waals surface area contributed by atoms with Gasteiger partial charge in [0.15, 0.2) is 0 Å². The molecular weight excluding hydrogens is 280 g/mol. The number of piperazine rings is 1. The number of hydrogen-bond acceptors (Lipinski definition) is 4. The number of hydrogen-bond donors (Lipinski definition) is 1. The Labute approximate surface area is 132 Å². The highest BCUT2D eigenvalue weighted by Crippen LogP contribution is 2.32. The molecule has 2 aliphatic rings. The summed E-state index contributed by atoms with van der Waals surface area (Å²) in [6, 6.07) is 0. The number of nitrogens with two attached hydrogens (primary N) is 1. The minimum Gasteiger partial charge on any atom is -0.370 e. The maximum atomic E-state index is 12.2. The van der Waals surface area contributed by atoms with E-state index in [9.17, 15) is 9.59 Å². The Morgan fingerprint density at radius 1 is 1.36 bits per heavy atom. The molecule has 2 rings (SSSR count). The summed E-state index contributed by atoms with van der Waals surface area (Å²) in [6.07, 6.45) is 4.63. The molecule has 124 valence electrons. The van der Waals surface area contributed by atoms with Gasteiger partial charge in [0.1, 0.15) is 0 Å². The fourth-order valence-corrected chi connectivity index (χ4v) is 3.58. The average molecular weight is 308 g/mol. The second-order valence-electron chi connectivity index (χ2n) is 6.52. The fourth-order valence-electron chi connectivity index (χ4n) is 3.58. The van der Waals surface area contributed by atoms with Gasteiger partial charge in [0.05, 0.1) is 0 Å². The molecule has 1 spiro atoms. The molecule has 6 nitrogen and oxygen atoms in total. The second-order valence-corrected chi connectivity index (χ2v) is 6.52. The zero-order valence-electron chi connectivity index (χ0n) is 13.6. The predicted octanol–water partition coefficient (Wildman–Crippen LogP) is 0.0465. The van der Waals surface area contributed by atoms with E-state index in [-0.39, 0.29) is 17.4 Å². The van der Waals surface area contributed by atoms with Gasteiger partial charge in [0.25, 0.3) is 0 Å². The standard InChI is InChI=1S/C16H28N4O2/c1-3-8-20-10-7-16(6-4-15(20)22)13-19(9-5-14(17)21)12-11-18(16)2/h3H,1,4-13H2,2H3,(H2,17,21)/t16-/m0/s1. The van der Waals surface area contributed by atoms with Crippen molar-refractivity contribution in [2.24, 2.45) is 5.73 Å². The summed E-state index contributed by atoms with van der Waals surface area (Å²) in [5.74, 6) is -0.0272. The Kier molecular flexibility index (Phi) is 5.58. The van der Waals surface area contributed by atoms with E-state index in [4.69, 9.17) is 5.73 Å². The molecular formula is C16H28N4O2. The van der Waals surface area contributed by atoms with E-state index in [1.165, 1.54) is 0 Å². The van der Waals surface area contributed by atoms with Crippen LogP contribution in [0.1, 0.15) is 25.7 Å². The van der Waals surface area contributed by atoms with Gasteiger partial charge in [0, 0.05) is 57.6 Å². The molecule has 0 bridgehead atoms. The first-order chi connectivity index (χ1) is 10.5. The van der Waals surface area contributed by atoms with Crippen molar-refractivity contribution in [3.05, 3.63) is 12.7 Å². The van der Waals surface area contributed by atoms with Crippen molar-refractivity contribution >= 4 is 11.8 Å². The van der Waals surface area contributed by atoms with Gasteiger partial charge in [-0.25, -0.2) is 0 Å². The van der Waals surface area contributed by atoms with Crippen molar-refractivity contribution in [1.29, 1.82) is 0 Å². The van der Waals surface area contributed by atoms with Crippen LogP contribution in [0.3, 0.4) is 0 Å². The van der Waals surface area contributed by atoms with Gasteiger partial charge in [-0.15, -0.1) is 6.58 Å². The number of carbonyl (C=O) groups excluding carboxylic acids is 2. The maximum Gasteiger partial charge on any atom is 0.222 e. The first-order valence-electron chi connectivity index (χ1n) is 8.07. The predicted molar refractivity (Wildman–Crippen MR) is 86.2 cm³/mol. The molecule has 1 atom stereocenters. The van der Waals surface area contributed by atoms with Gasteiger partial charge in [-0.05, 0) is 19.9 Å². The zero-order chi connectivity index (χ0) is 16.2. The smallest absolute Gasteiger partial charge is 0.222 e. The van der Waals surface area contributed by atoms with Crippen LogP contribution in [-0.2, 0) is 9.59 Å². The molecule has 0 aromatic carbocycles. The largest absolute Gasteiger partial charge is 0.370 e. The summed E-state index contributed by atoms with van der Waals surface area (Å²) in [4.78, 5) is 29.8. The number of primary amides is 1. The molecule has 0 aromatic rings. The summed E-state index contributed by atoms with van der Waals surface area (Å²) >= 11 is 0. The van der Waals surface area contributed by atoms with Crippen LogP contribution in [0, 0.1) is 0 Å². The Morgan fingerprint density at radius 2 is 2.14 bits per heavy atom. The molecule has 22 heavy (non-hydrogen) atoms. The summed E-state index contributed by atoms with van der Waals surface area (Å²) in [7, 11) is 2.15. The number of carbonyl (C=O) groups is 2. The van der Waals surface area contributed by atoms with Gasteiger partial charge >= 0.3 is 0 Å². The normalized spacial score (nSPS) is 27.9. The van der Waals surface area contributed by atoms with E-state index in [0.29, 0.717) is 19.4 Å². The Bertz CT molecular complexity index is 440. The van der Waals surface area contributed by atoms with E-state index in [2.05, 4.69) is 23.4 Å². The van der Waals surface area contributed by atoms with Crippen LogP contribution in [0.2, 0.25) is 0 Å². The monoisotopic (exact) mass is 308 g/mol. The molecule has 2 fully saturated rings. The molecule has 2 N–H and O–H groups in total. The summed E-state index contributed by atoms with van der Waals surface area (Å²) in [5.41, 5.74) is 5.29. The lowest BCUT2D eigenvalue weighted by Gasteiger charge is -2.49. The lowest BCUT2D eigenvalue weighted by Crippen LogP contribution is -2.61. The van der Waals surface area contributed by atoms with Crippen LogP contribution in [-0.4, -0.2) is 78.4 Å². The summed E-state index contributed by atoms with van der Waals surface area (Å²) in [5, 5.41) is 0. The third kappa shape index (κ3) is 3.87. The van der Waals surface area contributed by atoms with Crippen molar-refractivity contribution < 1.29 is 9.59 Å². The number of nitrogens with zero attached hydrogens (tertiary/aromatic N) is 3. The van der Waals surface area contributed by atoms with E-state index < -0.39 is 0 Å². The Balaban J connectivity index is 2.04. The molecule has 2 heterocycles. The summed E-state index contributed by atoms with van der Waals surface area (Å²) < 4.78 is 0. The summed E-state index contributed by atoms with van der Waals surface area (Å²) in [6.45, 7) is 8.69. The maximum absolute atomic E-state index is 12.2. The molecule has 0 aliphatic carbocycles. The minimum atomic E-state index is -0.249. The zero-order valence-corrected chi connectivity index (χ0v) is 13.6. The number of likely N-dealkylation sites (tertiary alicyclic amines) is 1. The molecule has 0 radical (unpaired) electrons. The van der Waals surface area contributed by atoms with Crippen molar-refractivity contribution in [3.8, 4) is 0 Å². The first kappa shape index (κ1) is 17.0. The van der Waals surface area contributed by atoms with E-state index in [1.807, 2.05) is 4.90 Å². The highest BCUT2D eigenvalue weighted by Gasteiger charge is 2.41. The van der Waals surface area contributed by atoms with Gasteiger partial charge in [-0.3, -0.25) is 19.4 Å². The van der Waals surface area contributed by atoms with Crippen molar-refractivity contribution in [3.63, 3.8) is 0 Å². The van der Waals surface area contributed by atoms with Crippen LogP contribution < -0.4 is 5.73 Å². The number of likely N-dealkylation sites (N-methyl/N-ethyl adjacent to an activating group) is 1. The van der Waals surface area contributed by atoms with Gasteiger partial charge < -0.3 is 10.6 Å². The SMILES string of the molecule is C=CCN1CC[C@@]2(CCC1=O)CN(CCC(N)=O)CCN2C. The highest BCUT2D eigenvalue weighted by molar-refractivity contribution is 5.76. The van der Waals surface area contributed by atoms with Crippen LogP contribution >= 0.6 is 0 Å². The Morgan fingerprint density at radius 3 is 2.82 bits per heavy atom. The van der Waals surface area contributed by atoms with Crippen LogP contribution in [0.15, 0.2) is 12.7 Å². The quantitative estimate of drug-likeness (QED) is 0.729. The van der Waals surface area contributed by atoms with Crippen LogP contribution in [0.5, 0.6) is 0 Å². The lowest BCUT2D eigenvalue weighted by molar-refractivity contribution is -0.130. The lowest BCUT2D eigenvalue weighted by atomic mass is 9.86. The van der Waals surface area contributed by atoms with E-state index in [0.717, 1.165) is 45.6 Å². The topological polar surface area (TPSA) is 69.9 Å². The second kappa shape index (κ2) is 7.24. The van der Waals surface area contributed by atoms with E-state index in [1.54, 1.807) is 6.08 Å². The Hall–Kier alpha value is -1.40. The minimum absolute atomic E-state index is 0.0292. The van der Waals surface area contributed by atoms with Crippen molar-refractivity contribution in [1.82, 2.24) is 14.7 Å². The fraction of sp³-hybridized carbons (Fsp3) is 0.750. The third-order valence-corrected chi connectivity index (χ3v) is 5.11. The molecule has 2 aliphatic heterocycles. The first-order valence-corrected chi connectivity index (χ1v) is 8.07. The molecule has 6 heteroatoms. The van der Waals surface area contributed by atoms with Gasteiger partial charge in [-0.2, -0.15) is 0 Å². The van der Waals surface area contributed by atoms with Crippen molar-refractivity contribution in [2.45, 2.75) is 31.2 Å². The molecule has 2 saturated heterocycles. The van der Waals surface area contributed by atoms with Gasteiger partial charge in [-0.1, -0.05) is 6.08 Å². The average Bonchev–Trinajstić information content (AvgIpc) is 2.63. The highest BCUT2D eigenvalue weighted by atomic mass is 16.2. The molecule has 0 aromatic heterocycles. The van der Waals surface area contributed by atoms with Crippen LogP contribution in [0.4, 0.5) is 0 Å². The van der Waals surface area contributed by atoms with Gasteiger partial charge in [0.2, 0.25) is 11.8 Å². The molecule has 0 unspecified atom stereocenters.